The van der Waals surface area contributed by atoms with Crippen LogP contribution in [-0.4, -0.2) is 54.2 Å². The molecule has 5 rings (SSSR count). The van der Waals surface area contributed by atoms with Gasteiger partial charge in [0.25, 0.3) is 0 Å². The minimum Gasteiger partial charge on any atom is -0.481 e. The van der Waals surface area contributed by atoms with Crippen molar-refractivity contribution in [2.45, 2.75) is 38.1 Å². The Hall–Kier alpha value is -3.35. The summed E-state index contributed by atoms with van der Waals surface area (Å²) in [4.78, 5) is 38.1. The van der Waals surface area contributed by atoms with Crippen LogP contribution in [-0.2, 0) is 14.3 Å². The van der Waals surface area contributed by atoms with Crippen molar-refractivity contribution in [3.8, 4) is 11.1 Å². The molecule has 0 spiro atoms. The number of amides is 2. The third kappa shape index (κ3) is 4.40. The summed E-state index contributed by atoms with van der Waals surface area (Å²) >= 11 is 0. The van der Waals surface area contributed by atoms with Crippen LogP contribution in [0, 0.1) is 23.7 Å². The number of carboxylic acid groups (broad SMARTS) is 1. The molecule has 0 bridgehead atoms. The van der Waals surface area contributed by atoms with E-state index in [2.05, 4.69) is 29.6 Å². The molecule has 2 amide bonds. The number of hydrogen-bond donors (Lipinski definition) is 2. The van der Waals surface area contributed by atoms with E-state index in [1.54, 1.807) is 18.9 Å². The molecule has 35 heavy (non-hydrogen) atoms. The zero-order chi connectivity index (χ0) is 24.7. The van der Waals surface area contributed by atoms with Gasteiger partial charge in [-0.15, -0.1) is 0 Å². The van der Waals surface area contributed by atoms with E-state index < -0.39 is 18.0 Å². The highest BCUT2D eigenvalue weighted by molar-refractivity contribution is 5.80. The Labute approximate surface area is 205 Å². The Bertz CT molecular complexity index is 1100. The fraction of sp³-hybridized carbons (Fsp3) is 0.464. The van der Waals surface area contributed by atoms with Gasteiger partial charge in [-0.2, -0.15) is 0 Å². The average molecular weight is 477 g/mol. The molecule has 0 saturated heterocycles. The van der Waals surface area contributed by atoms with E-state index in [1.807, 2.05) is 24.3 Å². The summed E-state index contributed by atoms with van der Waals surface area (Å²) < 4.78 is 5.69. The van der Waals surface area contributed by atoms with Gasteiger partial charge in [0, 0.05) is 31.5 Å². The second kappa shape index (κ2) is 9.36. The molecule has 7 heteroatoms. The van der Waals surface area contributed by atoms with E-state index in [1.165, 1.54) is 22.3 Å². The van der Waals surface area contributed by atoms with Crippen LogP contribution >= 0.6 is 0 Å². The topological polar surface area (TPSA) is 95.9 Å². The zero-order valence-electron chi connectivity index (χ0n) is 20.1. The minimum absolute atomic E-state index is 0.00684. The molecule has 2 fully saturated rings. The zero-order valence-corrected chi connectivity index (χ0v) is 20.1. The molecule has 0 aliphatic heterocycles. The predicted molar refractivity (Wildman–Crippen MR) is 131 cm³/mol. The maximum atomic E-state index is 12.8. The molecule has 2 aromatic carbocycles. The van der Waals surface area contributed by atoms with Gasteiger partial charge in [0.1, 0.15) is 6.61 Å². The number of fused-ring (bicyclic) bond motifs is 4. The Kier molecular flexibility index (Phi) is 6.26. The smallest absolute Gasteiger partial charge is 0.407 e. The summed E-state index contributed by atoms with van der Waals surface area (Å²) in [6, 6.07) is 16.5. The molecule has 0 aromatic heterocycles. The maximum absolute atomic E-state index is 12.8. The molecular weight excluding hydrogens is 444 g/mol. The molecule has 184 valence electrons. The van der Waals surface area contributed by atoms with Gasteiger partial charge >= 0.3 is 12.1 Å². The highest BCUT2D eigenvalue weighted by Crippen LogP contribution is 2.50. The number of rotatable bonds is 7. The highest BCUT2D eigenvalue weighted by Gasteiger charge is 2.50. The van der Waals surface area contributed by atoms with Crippen molar-refractivity contribution in [1.82, 2.24) is 10.2 Å². The SMILES string of the molecule is CC(CN(C)C(=O)C1C[C@@H]2C[C@H](NC(=O)OCC3c4ccccc4-c4ccccc43)[C@@H]2C1)C(=O)O. The van der Waals surface area contributed by atoms with Gasteiger partial charge in [0.2, 0.25) is 5.91 Å². The lowest BCUT2D eigenvalue weighted by molar-refractivity contribution is -0.143. The van der Waals surface area contributed by atoms with Crippen LogP contribution in [0.2, 0.25) is 0 Å². The number of carbonyl (C=O) groups is 3. The summed E-state index contributed by atoms with van der Waals surface area (Å²) in [5.41, 5.74) is 4.76. The molecule has 2 N–H and O–H groups in total. The first-order valence-corrected chi connectivity index (χ1v) is 12.4. The molecular formula is C28H32N2O5. The first-order chi connectivity index (χ1) is 16.8. The van der Waals surface area contributed by atoms with Crippen LogP contribution in [0.5, 0.6) is 0 Å². The second-order valence-electron chi connectivity index (χ2n) is 10.4. The lowest BCUT2D eigenvalue weighted by Crippen LogP contribution is -2.50. The Morgan fingerprint density at radius 3 is 2.29 bits per heavy atom. The Morgan fingerprint density at radius 1 is 1.03 bits per heavy atom. The van der Waals surface area contributed by atoms with Crippen molar-refractivity contribution >= 4 is 18.0 Å². The molecule has 2 aromatic rings. The van der Waals surface area contributed by atoms with Crippen molar-refractivity contribution in [2.24, 2.45) is 23.7 Å². The van der Waals surface area contributed by atoms with E-state index in [9.17, 15) is 14.4 Å². The summed E-state index contributed by atoms with van der Waals surface area (Å²) in [5, 5.41) is 12.1. The van der Waals surface area contributed by atoms with Crippen LogP contribution in [0.25, 0.3) is 11.1 Å². The minimum atomic E-state index is -0.900. The molecule has 0 radical (unpaired) electrons. The van der Waals surface area contributed by atoms with Gasteiger partial charge in [-0.3, -0.25) is 9.59 Å². The summed E-state index contributed by atoms with van der Waals surface area (Å²) in [7, 11) is 1.68. The number of carboxylic acids is 1. The number of nitrogens with one attached hydrogen (secondary N) is 1. The van der Waals surface area contributed by atoms with Crippen molar-refractivity contribution in [2.75, 3.05) is 20.2 Å². The lowest BCUT2D eigenvalue weighted by Gasteiger charge is -2.40. The summed E-state index contributed by atoms with van der Waals surface area (Å²) in [6.45, 7) is 2.11. The largest absolute Gasteiger partial charge is 0.481 e. The quantitative estimate of drug-likeness (QED) is 0.627. The van der Waals surface area contributed by atoms with E-state index in [-0.39, 0.29) is 42.9 Å². The van der Waals surface area contributed by atoms with E-state index in [0.717, 1.165) is 19.3 Å². The van der Waals surface area contributed by atoms with Crippen LogP contribution in [0.4, 0.5) is 4.79 Å². The second-order valence-corrected chi connectivity index (χ2v) is 10.4. The maximum Gasteiger partial charge on any atom is 0.407 e. The van der Waals surface area contributed by atoms with Crippen LogP contribution in [0.3, 0.4) is 0 Å². The normalized spacial score (nSPS) is 25.0. The van der Waals surface area contributed by atoms with Crippen molar-refractivity contribution in [3.05, 3.63) is 59.7 Å². The fourth-order valence-electron chi connectivity index (χ4n) is 6.28. The monoisotopic (exact) mass is 476 g/mol. The first kappa shape index (κ1) is 23.4. The number of hydrogen-bond acceptors (Lipinski definition) is 4. The average Bonchev–Trinajstić information content (AvgIpc) is 3.35. The third-order valence-electron chi connectivity index (χ3n) is 8.16. The number of nitrogens with zero attached hydrogens (tertiary/aromatic N) is 1. The standard InChI is InChI=1S/C28H32N2O5/c1-16(27(32)33)14-30(2)26(31)18-11-17-13-25(23(17)12-18)29-28(34)35-15-24-21-9-5-3-7-19(21)20-8-4-6-10-22(20)24/h3-10,16-18,23-25H,11-15H2,1-2H3,(H,29,34)(H,32,33)/t16?,17-,18?,23-,25+/m1/s1. The van der Waals surface area contributed by atoms with Gasteiger partial charge < -0.3 is 20.1 Å². The van der Waals surface area contributed by atoms with E-state index >= 15 is 0 Å². The van der Waals surface area contributed by atoms with Gasteiger partial charge in [-0.25, -0.2) is 4.79 Å². The highest BCUT2D eigenvalue weighted by atomic mass is 16.5. The van der Waals surface area contributed by atoms with Gasteiger partial charge in [-0.05, 0) is 53.4 Å². The number of aliphatic carboxylic acids is 1. The van der Waals surface area contributed by atoms with Crippen LogP contribution < -0.4 is 5.32 Å². The first-order valence-electron chi connectivity index (χ1n) is 12.4. The number of benzene rings is 2. The molecule has 2 saturated carbocycles. The Morgan fingerprint density at radius 2 is 1.66 bits per heavy atom. The van der Waals surface area contributed by atoms with Gasteiger partial charge in [0.15, 0.2) is 0 Å². The van der Waals surface area contributed by atoms with Crippen molar-refractivity contribution in [1.29, 1.82) is 0 Å². The number of alkyl carbamates (subject to hydrolysis) is 1. The molecule has 2 unspecified atom stereocenters. The molecule has 0 heterocycles. The Balaban J connectivity index is 1.13. The molecule has 7 nitrogen and oxygen atoms in total. The summed E-state index contributed by atoms with van der Waals surface area (Å²) in [5.74, 6) is -0.867. The molecule has 3 aliphatic rings. The van der Waals surface area contributed by atoms with Crippen molar-refractivity contribution in [3.63, 3.8) is 0 Å². The van der Waals surface area contributed by atoms with Crippen LogP contribution in [0.15, 0.2) is 48.5 Å². The molecule has 5 atom stereocenters. The van der Waals surface area contributed by atoms with Gasteiger partial charge in [-0.1, -0.05) is 55.5 Å². The van der Waals surface area contributed by atoms with Crippen molar-refractivity contribution < 1.29 is 24.2 Å². The summed E-state index contributed by atoms with van der Waals surface area (Å²) in [6.07, 6.45) is 1.98. The fourth-order valence-corrected chi connectivity index (χ4v) is 6.28. The number of carbonyl (C=O) groups excluding carboxylic acids is 2. The van der Waals surface area contributed by atoms with E-state index in [0.29, 0.717) is 5.92 Å². The van der Waals surface area contributed by atoms with Crippen LogP contribution in [0.1, 0.15) is 43.2 Å². The van der Waals surface area contributed by atoms with Gasteiger partial charge in [0.05, 0.1) is 5.92 Å². The lowest BCUT2D eigenvalue weighted by atomic mass is 9.71. The predicted octanol–water partition coefficient (Wildman–Crippen LogP) is 4.12. The molecule has 3 aliphatic carbocycles. The number of ether oxygens (including phenoxy) is 1. The van der Waals surface area contributed by atoms with E-state index in [4.69, 9.17) is 9.84 Å². The third-order valence-corrected chi connectivity index (χ3v) is 8.16.